The van der Waals surface area contributed by atoms with E-state index in [2.05, 4.69) is 22.9 Å². The van der Waals surface area contributed by atoms with Crippen molar-refractivity contribution in [1.29, 1.82) is 0 Å². The van der Waals surface area contributed by atoms with Gasteiger partial charge in [0.1, 0.15) is 18.1 Å². The summed E-state index contributed by atoms with van der Waals surface area (Å²) in [6, 6.07) is -3.62. The maximum Gasteiger partial charge on any atom is 0.326 e. The Morgan fingerprint density at radius 1 is 0.867 bits per heavy atom. The topological polar surface area (TPSA) is 197 Å². The number of nitrogens with two attached hydrogens (primary N) is 2. The maximum absolute atomic E-state index is 12.6. The van der Waals surface area contributed by atoms with E-state index in [0.29, 0.717) is 6.42 Å². The SMILES string of the molecule is CCCCCCC(=O)N[C@@H](CCN)C(=O)N[C@H](C(=O)N[C@@H](CCN)C(=O)O)[C@@H](C)O. The molecule has 11 nitrogen and oxygen atoms in total. The number of hydrogen-bond donors (Lipinski definition) is 7. The van der Waals surface area contributed by atoms with Crippen LogP contribution in [0.5, 0.6) is 0 Å². The largest absolute Gasteiger partial charge is 0.480 e. The van der Waals surface area contributed by atoms with Crippen molar-refractivity contribution >= 4 is 23.7 Å². The summed E-state index contributed by atoms with van der Waals surface area (Å²) in [5, 5.41) is 26.3. The second kappa shape index (κ2) is 15.6. The Bertz CT molecular complexity index is 558. The van der Waals surface area contributed by atoms with Crippen LogP contribution in [0.4, 0.5) is 0 Å². The van der Waals surface area contributed by atoms with Crippen molar-refractivity contribution in [2.75, 3.05) is 13.1 Å². The molecule has 0 aliphatic rings. The van der Waals surface area contributed by atoms with E-state index in [9.17, 15) is 24.3 Å². The van der Waals surface area contributed by atoms with E-state index >= 15 is 0 Å². The van der Waals surface area contributed by atoms with Gasteiger partial charge in [0.2, 0.25) is 17.7 Å². The molecule has 0 unspecified atom stereocenters. The minimum absolute atomic E-state index is 0.00850. The summed E-state index contributed by atoms with van der Waals surface area (Å²) >= 11 is 0. The number of carboxylic acid groups (broad SMARTS) is 1. The van der Waals surface area contributed by atoms with E-state index in [1.54, 1.807) is 0 Å². The molecular weight excluding hydrogens is 394 g/mol. The lowest BCUT2D eigenvalue weighted by Gasteiger charge is -2.25. The number of rotatable bonds is 16. The van der Waals surface area contributed by atoms with Crippen molar-refractivity contribution in [2.45, 2.75) is 83.0 Å². The van der Waals surface area contributed by atoms with Gasteiger partial charge < -0.3 is 37.6 Å². The summed E-state index contributed by atoms with van der Waals surface area (Å²) in [6.07, 6.45) is 2.78. The van der Waals surface area contributed by atoms with Crippen molar-refractivity contribution in [3.63, 3.8) is 0 Å². The Morgan fingerprint density at radius 2 is 1.47 bits per heavy atom. The zero-order valence-corrected chi connectivity index (χ0v) is 17.9. The Hall–Kier alpha value is -2.24. The molecule has 174 valence electrons. The lowest BCUT2D eigenvalue weighted by atomic mass is 10.1. The number of carboxylic acids is 1. The number of nitrogens with one attached hydrogen (secondary N) is 3. The van der Waals surface area contributed by atoms with Crippen molar-refractivity contribution < 1.29 is 29.4 Å². The zero-order chi connectivity index (χ0) is 23.1. The summed E-state index contributed by atoms with van der Waals surface area (Å²) in [6.45, 7) is 3.50. The highest BCUT2D eigenvalue weighted by Crippen LogP contribution is 2.04. The minimum Gasteiger partial charge on any atom is -0.480 e. The first kappa shape index (κ1) is 27.8. The summed E-state index contributed by atoms with van der Waals surface area (Å²) in [7, 11) is 0. The summed E-state index contributed by atoms with van der Waals surface area (Å²) in [4.78, 5) is 48.3. The fourth-order valence-electron chi connectivity index (χ4n) is 2.76. The standard InChI is InChI=1S/C19H37N5O6/c1-3-4-5-6-7-15(26)22-13(8-10-20)17(27)24-16(12(2)25)18(28)23-14(9-11-21)19(29)30/h12-14,16,25H,3-11,20-21H2,1-2H3,(H,22,26)(H,23,28)(H,24,27)(H,29,30)/t12-,13+,14+,16+/m1/s1. The maximum atomic E-state index is 12.6. The molecule has 11 heteroatoms. The number of unbranched alkanes of at least 4 members (excludes halogenated alkanes) is 3. The average Bonchev–Trinajstić information content (AvgIpc) is 2.68. The van der Waals surface area contributed by atoms with E-state index in [1.807, 2.05) is 0 Å². The van der Waals surface area contributed by atoms with Gasteiger partial charge in [-0.2, -0.15) is 0 Å². The molecule has 0 aromatic heterocycles. The molecule has 0 aromatic rings. The third-order valence-corrected chi connectivity index (χ3v) is 4.50. The summed E-state index contributed by atoms with van der Waals surface area (Å²) in [5.74, 6) is -3.13. The predicted molar refractivity (Wildman–Crippen MR) is 111 cm³/mol. The molecule has 0 aliphatic heterocycles. The molecule has 0 fully saturated rings. The lowest BCUT2D eigenvalue weighted by Crippen LogP contribution is -2.59. The van der Waals surface area contributed by atoms with Gasteiger partial charge in [0.05, 0.1) is 6.10 Å². The van der Waals surface area contributed by atoms with Crippen LogP contribution in [0.1, 0.15) is 58.8 Å². The molecule has 3 amide bonds. The second-order valence-electron chi connectivity index (χ2n) is 7.21. The highest BCUT2D eigenvalue weighted by molar-refractivity contribution is 5.93. The molecule has 0 bridgehead atoms. The Labute approximate surface area is 177 Å². The normalized spacial score (nSPS) is 14.8. The second-order valence-corrected chi connectivity index (χ2v) is 7.21. The first-order valence-corrected chi connectivity index (χ1v) is 10.4. The van der Waals surface area contributed by atoms with Crippen LogP contribution in [0.25, 0.3) is 0 Å². The molecule has 30 heavy (non-hydrogen) atoms. The van der Waals surface area contributed by atoms with Crippen LogP contribution in [0.15, 0.2) is 0 Å². The number of carbonyl (C=O) groups excluding carboxylic acids is 3. The van der Waals surface area contributed by atoms with Crippen molar-refractivity contribution in [1.82, 2.24) is 16.0 Å². The number of aliphatic hydroxyl groups excluding tert-OH is 1. The van der Waals surface area contributed by atoms with Crippen LogP contribution < -0.4 is 27.4 Å². The van der Waals surface area contributed by atoms with Crippen LogP contribution >= 0.6 is 0 Å². The van der Waals surface area contributed by atoms with E-state index in [4.69, 9.17) is 16.6 Å². The predicted octanol–water partition coefficient (Wildman–Crippen LogP) is -1.43. The van der Waals surface area contributed by atoms with Crippen molar-refractivity contribution in [3.05, 3.63) is 0 Å². The molecule has 4 atom stereocenters. The van der Waals surface area contributed by atoms with Crippen LogP contribution in [0.2, 0.25) is 0 Å². The number of aliphatic hydroxyl groups is 1. The molecular formula is C19H37N5O6. The highest BCUT2D eigenvalue weighted by Gasteiger charge is 2.31. The smallest absolute Gasteiger partial charge is 0.326 e. The summed E-state index contributed by atoms with van der Waals surface area (Å²) < 4.78 is 0. The third kappa shape index (κ3) is 11.1. The molecule has 0 heterocycles. The van der Waals surface area contributed by atoms with Crippen molar-refractivity contribution in [2.24, 2.45) is 11.5 Å². The lowest BCUT2D eigenvalue weighted by molar-refractivity contribution is -0.143. The van der Waals surface area contributed by atoms with Gasteiger partial charge in [0, 0.05) is 6.42 Å². The molecule has 9 N–H and O–H groups in total. The van der Waals surface area contributed by atoms with Gasteiger partial charge in [-0.15, -0.1) is 0 Å². The molecule has 0 saturated heterocycles. The molecule has 0 aromatic carbocycles. The molecule has 0 spiro atoms. The zero-order valence-electron chi connectivity index (χ0n) is 17.9. The number of aliphatic carboxylic acids is 1. The Morgan fingerprint density at radius 3 is 1.97 bits per heavy atom. The van der Waals surface area contributed by atoms with Crippen molar-refractivity contribution in [3.8, 4) is 0 Å². The van der Waals surface area contributed by atoms with Gasteiger partial charge in [-0.25, -0.2) is 4.79 Å². The van der Waals surface area contributed by atoms with E-state index in [-0.39, 0.29) is 38.3 Å². The molecule has 0 saturated carbocycles. The van der Waals surface area contributed by atoms with E-state index in [0.717, 1.165) is 19.3 Å². The van der Waals surface area contributed by atoms with Crippen LogP contribution in [0.3, 0.4) is 0 Å². The molecule has 0 aliphatic carbocycles. The third-order valence-electron chi connectivity index (χ3n) is 4.50. The first-order valence-electron chi connectivity index (χ1n) is 10.4. The van der Waals surface area contributed by atoms with Gasteiger partial charge in [0.15, 0.2) is 0 Å². The number of hydrogen-bond acceptors (Lipinski definition) is 7. The van der Waals surface area contributed by atoms with Gasteiger partial charge in [-0.1, -0.05) is 26.2 Å². The van der Waals surface area contributed by atoms with Gasteiger partial charge in [-0.3, -0.25) is 14.4 Å². The van der Waals surface area contributed by atoms with E-state index < -0.39 is 42.0 Å². The number of carbonyl (C=O) groups is 4. The van der Waals surface area contributed by atoms with Gasteiger partial charge >= 0.3 is 5.97 Å². The first-order chi connectivity index (χ1) is 14.2. The van der Waals surface area contributed by atoms with Gasteiger partial charge in [-0.05, 0) is 39.3 Å². The van der Waals surface area contributed by atoms with Crippen LogP contribution in [-0.2, 0) is 19.2 Å². The average molecular weight is 432 g/mol. The summed E-state index contributed by atoms with van der Waals surface area (Å²) in [5.41, 5.74) is 10.9. The molecule has 0 radical (unpaired) electrons. The quantitative estimate of drug-likeness (QED) is 0.144. The van der Waals surface area contributed by atoms with Gasteiger partial charge in [0.25, 0.3) is 0 Å². The van der Waals surface area contributed by atoms with E-state index in [1.165, 1.54) is 6.92 Å². The van der Waals surface area contributed by atoms with Crippen LogP contribution in [0, 0.1) is 0 Å². The minimum atomic E-state index is -1.40. The Balaban J connectivity index is 5.01. The fraction of sp³-hybridized carbons (Fsp3) is 0.789. The Kier molecular flexibility index (Phi) is 14.4. The molecule has 0 rings (SSSR count). The highest BCUT2D eigenvalue weighted by atomic mass is 16.4. The fourth-order valence-corrected chi connectivity index (χ4v) is 2.76. The number of amides is 3. The monoisotopic (exact) mass is 431 g/mol. The van der Waals surface area contributed by atoms with Crippen LogP contribution in [-0.4, -0.2) is 71.2 Å².